The SMILES string of the molecule is CC[N+]1(CC)CC(C)NC(C)C1.[I-]. The van der Waals surface area contributed by atoms with Gasteiger partial charge < -0.3 is 33.8 Å². The monoisotopic (exact) mass is 298 g/mol. The zero-order chi connectivity index (χ0) is 9.19. The molecule has 1 rings (SSSR count). The van der Waals surface area contributed by atoms with E-state index in [1.54, 1.807) is 0 Å². The van der Waals surface area contributed by atoms with E-state index in [1.807, 2.05) is 0 Å². The van der Waals surface area contributed by atoms with Crippen LogP contribution in [0.2, 0.25) is 0 Å². The second-order valence-corrected chi connectivity index (χ2v) is 4.31. The molecule has 0 bridgehead atoms. The van der Waals surface area contributed by atoms with Crippen molar-refractivity contribution in [1.82, 2.24) is 5.32 Å². The quantitative estimate of drug-likeness (QED) is 0.470. The van der Waals surface area contributed by atoms with Crippen LogP contribution in [-0.2, 0) is 0 Å². The van der Waals surface area contributed by atoms with Crippen LogP contribution in [0, 0.1) is 0 Å². The highest BCUT2D eigenvalue weighted by atomic mass is 127. The third-order valence-electron chi connectivity index (χ3n) is 3.23. The van der Waals surface area contributed by atoms with Crippen molar-refractivity contribution in [2.75, 3.05) is 26.2 Å². The number of hydrogen-bond acceptors (Lipinski definition) is 1. The Hall–Kier alpha value is 0.650. The molecule has 0 aromatic heterocycles. The van der Waals surface area contributed by atoms with Gasteiger partial charge in [-0.25, -0.2) is 0 Å². The van der Waals surface area contributed by atoms with Gasteiger partial charge in [0.1, 0.15) is 0 Å². The van der Waals surface area contributed by atoms with Crippen molar-refractivity contribution < 1.29 is 28.5 Å². The van der Waals surface area contributed by atoms with E-state index in [0.717, 1.165) is 0 Å². The number of hydrogen-bond donors (Lipinski definition) is 1. The number of nitrogens with zero attached hydrogens (tertiary/aromatic N) is 1. The summed E-state index contributed by atoms with van der Waals surface area (Å²) in [6, 6.07) is 1.38. The minimum Gasteiger partial charge on any atom is -1.00 e. The summed E-state index contributed by atoms with van der Waals surface area (Å²) >= 11 is 0. The molecule has 2 unspecified atom stereocenters. The summed E-state index contributed by atoms with van der Waals surface area (Å²) in [5.74, 6) is 0. The van der Waals surface area contributed by atoms with Gasteiger partial charge in [0.25, 0.3) is 0 Å². The predicted octanol–water partition coefficient (Wildman–Crippen LogP) is -1.77. The Morgan fingerprint density at radius 1 is 1.08 bits per heavy atom. The summed E-state index contributed by atoms with van der Waals surface area (Å²) in [6.07, 6.45) is 0. The highest BCUT2D eigenvalue weighted by Crippen LogP contribution is 2.14. The molecule has 0 amide bonds. The van der Waals surface area contributed by atoms with E-state index in [1.165, 1.54) is 30.7 Å². The molecule has 1 aliphatic heterocycles. The van der Waals surface area contributed by atoms with E-state index in [9.17, 15) is 0 Å². The van der Waals surface area contributed by atoms with Gasteiger partial charge in [0.05, 0.1) is 38.3 Å². The Bertz CT molecular complexity index is 134. The number of halogens is 1. The molecule has 1 N–H and O–H groups in total. The van der Waals surface area contributed by atoms with Gasteiger partial charge in [-0.3, -0.25) is 0 Å². The van der Waals surface area contributed by atoms with Crippen molar-refractivity contribution in [3.05, 3.63) is 0 Å². The number of quaternary nitrogens is 1. The van der Waals surface area contributed by atoms with Crippen molar-refractivity contribution in [3.63, 3.8) is 0 Å². The van der Waals surface area contributed by atoms with Crippen LogP contribution in [0.1, 0.15) is 27.7 Å². The molecule has 0 aromatic carbocycles. The number of nitrogens with one attached hydrogen (secondary N) is 1. The summed E-state index contributed by atoms with van der Waals surface area (Å²) in [7, 11) is 0. The standard InChI is InChI=1S/C10H23N2.HI/c1-5-12(6-2)7-9(3)11-10(4)8-12;/h9-11H,5-8H2,1-4H3;1H/q+1;/p-1. The highest BCUT2D eigenvalue weighted by molar-refractivity contribution is 4.73. The molecule has 0 radical (unpaired) electrons. The maximum Gasteiger partial charge on any atom is 0.0940 e. The Balaban J connectivity index is 0.00000144. The third-order valence-corrected chi connectivity index (χ3v) is 3.23. The topological polar surface area (TPSA) is 12.0 Å². The van der Waals surface area contributed by atoms with Gasteiger partial charge in [-0.2, -0.15) is 0 Å². The van der Waals surface area contributed by atoms with Crippen LogP contribution in [0.5, 0.6) is 0 Å². The van der Waals surface area contributed by atoms with Crippen molar-refractivity contribution in [1.29, 1.82) is 0 Å². The second kappa shape index (κ2) is 5.51. The molecule has 0 aromatic rings. The van der Waals surface area contributed by atoms with Gasteiger partial charge in [-0.1, -0.05) is 0 Å². The Labute approximate surface area is 99.7 Å². The zero-order valence-electron chi connectivity index (χ0n) is 9.31. The first-order valence-corrected chi connectivity index (χ1v) is 5.23. The van der Waals surface area contributed by atoms with Crippen LogP contribution in [0.15, 0.2) is 0 Å². The van der Waals surface area contributed by atoms with Gasteiger partial charge >= 0.3 is 0 Å². The fourth-order valence-corrected chi connectivity index (χ4v) is 2.57. The molecule has 3 heteroatoms. The largest absolute Gasteiger partial charge is 1.00 e. The molecule has 1 aliphatic rings. The van der Waals surface area contributed by atoms with E-state index in [2.05, 4.69) is 33.0 Å². The molecule has 0 aliphatic carbocycles. The lowest BCUT2D eigenvalue weighted by Crippen LogP contribution is -3.00. The summed E-state index contributed by atoms with van der Waals surface area (Å²) < 4.78 is 1.30. The summed E-state index contributed by atoms with van der Waals surface area (Å²) in [6.45, 7) is 14.4. The fourth-order valence-electron chi connectivity index (χ4n) is 2.57. The summed E-state index contributed by atoms with van der Waals surface area (Å²) in [5, 5.41) is 3.59. The lowest BCUT2D eigenvalue weighted by Gasteiger charge is -2.45. The van der Waals surface area contributed by atoms with Crippen LogP contribution in [0.4, 0.5) is 0 Å². The molecular formula is C10H23IN2. The first-order chi connectivity index (χ1) is 5.62. The fraction of sp³-hybridized carbons (Fsp3) is 1.00. The average molecular weight is 298 g/mol. The normalized spacial score (nSPS) is 32.3. The molecule has 2 atom stereocenters. The molecule has 2 nitrogen and oxygen atoms in total. The van der Waals surface area contributed by atoms with Gasteiger partial charge in [-0.05, 0) is 27.7 Å². The van der Waals surface area contributed by atoms with E-state index in [0.29, 0.717) is 12.1 Å². The van der Waals surface area contributed by atoms with Crippen LogP contribution >= 0.6 is 0 Å². The molecular weight excluding hydrogens is 275 g/mol. The van der Waals surface area contributed by atoms with Gasteiger partial charge in [0.15, 0.2) is 0 Å². The number of likely N-dealkylation sites (N-methyl/N-ethyl adjacent to an activating group) is 1. The average Bonchev–Trinajstić information content (AvgIpc) is 2.02. The van der Waals surface area contributed by atoms with Crippen LogP contribution < -0.4 is 29.3 Å². The minimum absolute atomic E-state index is 0. The second-order valence-electron chi connectivity index (χ2n) is 4.31. The Kier molecular flexibility index (Phi) is 5.79. The van der Waals surface area contributed by atoms with E-state index >= 15 is 0 Å². The zero-order valence-corrected chi connectivity index (χ0v) is 11.5. The smallest absolute Gasteiger partial charge is 0.0940 e. The molecule has 1 fully saturated rings. The van der Waals surface area contributed by atoms with E-state index in [4.69, 9.17) is 0 Å². The highest BCUT2D eigenvalue weighted by Gasteiger charge is 2.33. The third kappa shape index (κ3) is 3.36. The molecule has 13 heavy (non-hydrogen) atoms. The van der Waals surface area contributed by atoms with E-state index < -0.39 is 0 Å². The van der Waals surface area contributed by atoms with Crippen molar-refractivity contribution in [3.8, 4) is 0 Å². The minimum atomic E-state index is 0. The molecule has 1 saturated heterocycles. The maximum absolute atomic E-state index is 3.59. The van der Waals surface area contributed by atoms with Gasteiger partial charge in [-0.15, -0.1) is 0 Å². The molecule has 0 spiro atoms. The number of rotatable bonds is 2. The lowest BCUT2D eigenvalue weighted by molar-refractivity contribution is -0.931. The van der Waals surface area contributed by atoms with E-state index in [-0.39, 0.29) is 24.0 Å². The van der Waals surface area contributed by atoms with Gasteiger partial charge in [0, 0.05) is 0 Å². The lowest BCUT2D eigenvalue weighted by atomic mass is 10.1. The first kappa shape index (κ1) is 13.7. The Morgan fingerprint density at radius 2 is 1.46 bits per heavy atom. The summed E-state index contributed by atoms with van der Waals surface area (Å²) in [5.41, 5.74) is 0. The van der Waals surface area contributed by atoms with Crippen molar-refractivity contribution in [2.24, 2.45) is 0 Å². The first-order valence-electron chi connectivity index (χ1n) is 5.23. The van der Waals surface area contributed by atoms with Gasteiger partial charge in [0.2, 0.25) is 0 Å². The molecule has 1 heterocycles. The van der Waals surface area contributed by atoms with Crippen LogP contribution in [0.3, 0.4) is 0 Å². The van der Waals surface area contributed by atoms with Crippen molar-refractivity contribution >= 4 is 0 Å². The summed E-state index contributed by atoms with van der Waals surface area (Å²) in [4.78, 5) is 0. The molecule has 0 saturated carbocycles. The predicted molar refractivity (Wildman–Crippen MR) is 53.1 cm³/mol. The van der Waals surface area contributed by atoms with Crippen molar-refractivity contribution in [2.45, 2.75) is 39.8 Å². The molecule has 80 valence electrons. The maximum atomic E-state index is 3.59. The van der Waals surface area contributed by atoms with Crippen LogP contribution in [0.25, 0.3) is 0 Å². The number of piperazine rings is 1. The Morgan fingerprint density at radius 3 is 1.77 bits per heavy atom. The van der Waals surface area contributed by atoms with Crippen LogP contribution in [-0.4, -0.2) is 42.7 Å².